The Labute approximate surface area is 149 Å². The van der Waals surface area contributed by atoms with E-state index in [-0.39, 0.29) is 0 Å². The van der Waals surface area contributed by atoms with Gasteiger partial charge < -0.3 is 14.7 Å². The molecule has 3 rings (SSSR count). The third-order valence-corrected chi connectivity index (χ3v) is 4.73. The molecule has 7 heteroatoms. The topological polar surface area (TPSA) is 61.3 Å². The van der Waals surface area contributed by atoms with Crippen LogP contribution in [0.4, 0.5) is 17.7 Å². The fourth-order valence-electron chi connectivity index (χ4n) is 3.07. The van der Waals surface area contributed by atoms with E-state index in [1.54, 1.807) is 0 Å². The second-order valence-electron chi connectivity index (χ2n) is 6.71. The minimum absolute atomic E-state index is 0.348. The Morgan fingerprint density at radius 3 is 2.60 bits per heavy atom. The molecule has 0 N–H and O–H groups in total. The van der Waals surface area contributed by atoms with E-state index in [1.807, 2.05) is 43.7 Å². The Kier molecular flexibility index (Phi) is 5.31. The molecule has 0 radical (unpaired) electrons. The Morgan fingerprint density at radius 1 is 1.16 bits per heavy atom. The molecular formula is C18H27N7. The lowest BCUT2D eigenvalue weighted by atomic mass is 10.1. The first-order valence-electron chi connectivity index (χ1n) is 8.87. The molecule has 1 fully saturated rings. The van der Waals surface area contributed by atoms with Gasteiger partial charge in [-0.3, -0.25) is 0 Å². The van der Waals surface area contributed by atoms with Crippen molar-refractivity contribution < 1.29 is 0 Å². The summed E-state index contributed by atoms with van der Waals surface area (Å²) in [6.07, 6.45) is 8.88. The number of hydrogen-bond donors (Lipinski definition) is 0. The van der Waals surface area contributed by atoms with E-state index >= 15 is 0 Å². The zero-order valence-corrected chi connectivity index (χ0v) is 15.6. The van der Waals surface area contributed by atoms with Gasteiger partial charge in [0.2, 0.25) is 11.9 Å². The lowest BCUT2D eigenvalue weighted by Crippen LogP contribution is -2.47. The zero-order chi connectivity index (χ0) is 17.8. The van der Waals surface area contributed by atoms with Gasteiger partial charge in [0.05, 0.1) is 0 Å². The van der Waals surface area contributed by atoms with Crippen molar-refractivity contribution in [1.82, 2.24) is 19.9 Å². The molecule has 2 aromatic heterocycles. The second kappa shape index (κ2) is 7.63. The predicted molar refractivity (Wildman–Crippen MR) is 101 cm³/mol. The van der Waals surface area contributed by atoms with E-state index < -0.39 is 0 Å². The maximum atomic E-state index is 4.66. The third-order valence-electron chi connectivity index (χ3n) is 4.73. The van der Waals surface area contributed by atoms with E-state index in [2.05, 4.69) is 43.7 Å². The van der Waals surface area contributed by atoms with Gasteiger partial charge in [-0.2, -0.15) is 4.98 Å². The molecule has 0 bridgehead atoms. The van der Waals surface area contributed by atoms with E-state index in [0.29, 0.717) is 6.04 Å². The lowest BCUT2D eigenvalue weighted by Gasteiger charge is -2.37. The maximum Gasteiger partial charge on any atom is 0.227 e. The lowest BCUT2D eigenvalue weighted by molar-refractivity contribution is 0.478. The van der Waals surface area contributed by atoms with Gasteiger partial charge in [-0.1, -0.05) is 6.92 Å². The van der Waals surface area contributed by atoms with Gasteiger partial charge in [0.15, 0.2) is 0 Å². The van der Waals surface area contributed by atoms with Crippen molar-refractivity contribution in [2.45, 2.75) is 32.2 Å². The molecule has 0 spiro atoms. The Bertz CT molecular complexity index is 686. The largest absolute Gasteiger partial charge is 0.363 e. The van der Waals surface area contributed by atoms with Crippen molar-refractivity contribution in [3.8, 4) is 0 Å². The van der Waals surface area contributed by atoms with Crippen molar-refractivity contribution in [2.24, 2.45) is 0 Å². The molecule has 0 aliphatic carbocycles. The van der Waals surface area contributed by atoms with E-state index in [1.165, 1.54) is 5.56 Å². The molecule has 3 heterocycles. The molecule has 0 saturated carbocycles. The first kappa shape index (κ1) is 17.4. The normalized spacial score (nSPS) is 17.4. The average molecular weight is 341 g/mol. The highest BCUT2D eigenvalue weighted by atomic mass is 15.3. The summed E-state index contributed by atoms with van der Waals surface area (Å²) in [5.41, 5.74) is 1.17. The van der Waals surface area contributed by atoms with Crippen molar-refractivity contribution in [3.63, 3.8) is 0 Å². The number of likely N-dealkylation sites (N-methyl/N-ethyl adjacent to an activating group) is 1. The van der Waals surface area contributed by atoms with Crippen LogP contribution in [-0.2, 0) is 6.42 Å². The van der Waals surface area contributed by atoms with Gasteiger partial charge in [0, 0.05) is 58.9 Å². The number of piperidine rings is 1. The summed E-state index contributed by atoms with van der Waals surface area (Å²) in [6, 6.07) is 2.27. The van der Waals surface area contributed by atoms with Crippen LogP contribution in [0.2, 0.25) is 0 Å². The number of aromatic nitrogens is 4. The number of anilines is 3. The number of nitrogens with zero attached hydrogens (tertiary/aromatic N) is 7. The zero-order valence-electron chi connectivity index (χ0n) is 15.6. The number of hydrogen-bond acceptors (Lipinski definition) is 7. The van der Waals surface area contributed by atoms with Crippen LogP contribution in [0.3, 0.4) is 0 Å². The molecule has 7 nitrogen and oxygen atoms in total. The van der Waals surface area contributed by atoms with E-state index in [4.69, 9.17) is 0 Å². The first-order valence-corrected chi connectivity index (χ1v) is 8.87. The van der Waals surface area contributed by atoms with Gasteiger partial charge in [-0.15, -0.1) is 0 Å². The molecule has 1 aliphatic rings. The van der Waals surface area contributed by atoms with Crippen LogP contribution in [0.25, 0.3) is 0 Å². The molecule has 1 aliphatic heterocycles. The van der Waals surface area contributed by atoms with Crippen LogP contribution >= 0.6 is 0 Å². The summed E-state index contributed by atoms with van der Waals surface area (Å²) in [4.78, 5) is 24.6. The maximum absolute atomic E-state index is 4.66. The van der Waals surface area contributed by atoms with Gasteiger partial charge in [0.25, 0.3) is 0 Å². The molecular weight excluding hydrogens is 314 g/mol. The Morgan fingerprint density at radius 2 is 1.92 bits per heavy atom. The van der Waals surface area contributed by atoms with Crippen LogP contribution in [0.15, 0.2) is 24.7 Å². The van der Waals surface area contributed by atoms with Gasteiger partial charge >= 0.3 is 0 Å². The van der Waals surface area contributed by atoms with Crippen LogP contribution in [0.1, 0.15) is 25.3 Å². The fraction of sp³-hybridized carbons (Fsp3) is 0.556. The highest BCUT2D eigenvalue weighted by Crippen LogP contribution is 2.22. The van der Waals surface area contributed by atoms with Crippen LogP contribution in [0, 0.1) is 0 Å². The molecule has 2 aromatic rings. The Balaban J connectivity index is 1.72. The van der Waals surface area contributed by atoms with Crippen molar-refractivity contribution in [2.75, 3.05) is 48.9 Å². The summed E-state index contributed by atoms with van der Waals surface area (Å²) >= 11 is 0. The molecule has 1 atom stereocenters. The SMILES string of the molecule is CCc1cnc(N2CCCC(N(C)c3nccc(N(C)C)n3)C2)nc1. The quantitative estimate of drug-likeness (QED) is 0.824. The summed E-state index contributed by atoms with van der Waals surface area (Å²) < 4.78 is 0. The van der Waals surface area contributed by atoms with E-state index in [9.17, 15) is 0 Å². The summed E-state index contributed by atoms with van der Waals surface area (Å²) in [5, 5.41) is 0. The average Bonchev–Trinajstić information content (AvgIpc) is 2.67. The van der Waals surface area contributed by atoms with Gasteiger partial charge in [-0.05, 0) is 30.9 Å². The molecule has 0 amide bonds. The molecule has 134 valence electrons. The standard InChI is InChI=1S/C18H27N7/c1-5-14-11-20-17(21-12-14)25-10-6-7-15(13-25)24(4)18-19-9-8-16(22-18)23(2)3/h8-9,11-12,15H,5-7,10,13H2,1-4H3. The Hall–Kier alpha value is -2.44. The molecule has 0 aromatic carbocycles. The third kappa shape index (κ3) is 3.97. The molecule has 1 unspecified atom stereocenters. The van der Waals surface area contributed by atoms with Crippen LogP contribution < -0.4 is 14.7 Å². The van der Waals surface area contributed by atoms with Crippen LogP contribution in [-0.4, -0.2) is 60.2 Å². The monoisotopic (exact) mass is 341 g/mol. The minimum atomic E-state index is 0.348. The summed E-state index contributed by atoms with van der Waals surface area (Å²) in [7, 11) is 6.06. The van der Waals surface area contributed by atoms with Crippen molar-refractivity contribution in [3.05, 3.63) is 30.2 Å². The number of aryl methyl sites for hydroxylation is 1. The minimum Gasteiger partial charge on any atom is -0.363 e. The number of rotatable bonds is 5. The smallest absolute Gasteiger partial charge is 0.227 e. The molecule has 25 heavy (non-hydrogen) atoms. The summed E-state index contributed by atoms with van der Waals surface area (Å²) in [6.45, 7) is 4.00. The molecule has 1 saturated heterocycles. The van der Waals surface area contributed by atoms with Crippen LogP contribution in [0.5, 0.6) is 0 Å². The highest BCUT2D eigenvalue weighted by Gasteiger charge is 2.26. The van der Waals surface area contributed by atoms with Gasteiger partial charge in [0.1, 0.15) is 5.82 Å². The van der Waals surface area contributed by atoms with Crippen molar-refractivity contribution >= 4 is 17.7 Å². The predicted octanol–water partition coefficient (Wildman–Crippen LogP) is 2.00. The van der Waals surface area contributed by atoms with Crippen molar-refractivity contribution in [1.29, 1.82) is 0 Å². The summed E-state index contributed by atoms with van der Waals surface area (Å²) in [5.74, 6) is 2.50. The van der Waals surface area contributed by atoms with E-state index in [0.717, 1.165) is 50.1 Å². The van der Waals surface area contributed by atoms with Gasteiger partial charge in [-0.25, -0.2) is 15.0 Å². The first-order chi connectivity index (χ1) is 12.1. The fourth-order valence-corrected chi connectivity index (χ4v) is 3.07. The second-order valence-corrected chi connectivity index (χ2v) is 6.71. The highest BCUT2D eigenvalue weighted by molar-refractivity contribution is 5.43.